The van der Waals surface area contributed by atoms with Gasteiger partial charge in [-0.25, -0.2) is 4.39 Å². The molecule has 0 spiro atoms. The fourth-order valence-electron chi connectivity index (χ4n) is 4.92. The molecule has 0 saturated carbocycles. The highest BCUT2D eigenvalue weighted by Gasteiger charge is 2.25. The van der Waals surface area contributed by atoms with Gasteiger partial charge in [-0.3, -0.25) is 9.78 Å². The number of aliphatic carboxylic acids is 1. The summed E-state index contributed by atoms with van der Waals surface area (Å²) in [5.74, 6) is -0.973. The van der Waals surface area contributed by atoms with Crippen molar-refractivity contribution in [3.63, 3.8) is 0 Å². The highest BCUT2D eigenvalue weighted by Crippen LogP contribution is 2.42. The van der Waals surface area contributed by atoms with Crippen molar-refractivity contribution in [1.29, 1.82) is 0 Å². The Morgan fingerprint density at radius 1 is 1.24 bits per heavy atom. The maximum atomic E-state index is 15.1. The Balaban J connectivity index is 1.77. The van der Waals surface area contributed by atoms with Crippen LogP contribution in [0.4, 0.5) is 4.39 Å². The molecule has 1 N–H and O–H groups in total. The highest BCUT2D eigenvalue weighted by molar-refractivity contribution is 6.00. The van der Waals surface area contributed by atoms with E-state index in [4.69, 9.17) is 4.74 Å². The van der Waals surface area contributed by atoms with Gasteiger partial charge in [0.15, 0.2) is 11.6 Å². The van der Waals surface area contributed by atoms with Gasteiger partial charge >= 0.3 is 5.97 Å². The van der Waals surface area contributed by atoms with Crippen LogP contribution in [-0.2, 0) is 24.2 Å². The van der Waals surface area contributed by atoms with Crippen LogP contribution in [0.5, 0.6) is 5.75 Å². The van der Waals surface area contributed by atoms with Crippen molar-refractivity contribution in [2.75, 3.05) is 6.61 Å². The topological polar surface area (TPSA) is 64.4 Å². The maximum Gasteiger partial charge on any atom is 0.307 e. The van der Waals surface area contributed by atoms with Crippen molar-refractivity contribution in [3.8, 4) is 16.9 Å². The molecule has 168 valence electrons. The van der Waals surface area contributed by atoms with Crippen LogP contribution in [0.2, 0.25) is 0 Å². The van der Waals surface area contributed by atoms with Gasteiger partial charge in [0.05, 0.1) is 25.3 Å². The van der Waals surface area contributed by atoms with Gasteiger partial charge in [-0.2, -0.15) is 0 Å². The number of fused-ring (bicyclic) bond motifs is 2. The smallest absolute Gasteiger partial charge is 0.307 e. The van der Waals surface area contributed by atoms with Crippen molar-refractivity contribution in [1.82, 2.24) is 9.55 Å². The zero-order valence-corrected chi connectivity index (χ0v) is 18.7. The summed E-state index contributed by atoms with van der Waals surface area (Å²) in [7, 11) is 0. The SMILES string of the molecule is Cc1cc2c(ccn2Cc2ccccn2)c(-c2cc(F)c3c(c2C)CCCO3)c1CC(=O)O. The third kappa shape index (κ3) is 3.75. The molecule has 0 bridgehead atoms. The number of carboxylic acid groups (broad SMARTS) is 1. The lowest BCUT2D eigenvalue weighted by Gasteiger charge is -2.24. The Labute approximate surface area is 191 Å². The van der Waals surface area contributed by atoms with E-state index in [0.717, 1.165) is 57.3 Å². The lowest BCUT2D eigenvalue weighted by Crippen LogP contribution is -2.13. The molecule has 0 amide bonds. The Hall–Kier alpha value is -3.67. The van der Waals surface area contributed by atoms with E-state index >= 15 is 4.39 Å². The predicted octanol–water partition coefficient (Wildman–Crippen LogP) is 5.46. The molecule has 2 aromatic carbocycles. The number of benzene rings is 2. The summed E-state index contributed by atoms with van der Waals surface area (Å²) >= 11 is 0. The first-order valence-corrected chi connectivity index (χ1v) is 11.1. The molecular formula is C27H25FN2O3. The third-order valence-electron chi connectivity index (χ3n) is 6.50. The molecule has 3 heterocycles. The lowest BCUT2D eigenvalue weighted by molar-refractivity contribution is -0.136. The minimum atomic E-state index is -0.911. The average molecular weight is 445 g/mol. The van der Waals surface area contributed by atoms with E-state index in [9.17, 15) is 9.90 Å². The van der Waals surface area contributed by atoms with Gasteiger partial charge in [0.1, 0.15) is 0 Å². The number of carboxylic acids is 1. The minimum Gasteiger partial charge on any atom is -0.490 e. The average Bonchev–Trinajstić information content (AvgIpc) is 3.19. The first-order chi connectivity index (χ1) is 15.9. The van der Waals surface area contributed by atoms with E-state index in [2.05, 4.69) is 9.55 Å². The van der Waals surface area contributed by atoms with Crippen LogP contribution in [0, 0.1) is 19.7 Å². The van der Waals surface area contributed by atoms with Crippen LogP contribution >= 0.6 is 0 Å². The number of rotatable bonds is 5. The molecule has 5 nitrogen and oxygen atoms in total. The van der Waals surface area contributed by atoms with E-state index in [-0.39, 0.29) is 6.42 Å². The van der Waals surface area contributed by atoms with Gasteiger partial charge in [0, 0.05) is 28.9 Å². The summed E-state index contributed by atoms with van der Waals surface area (Å²) in [6.07, 6.45) is 5.21. The van der Waals surface area contributed by atoms with Gasteiger partial charge < -0.3 is 14.4 Å². The monoisotopic (exact) mass is 444 g/mol. The first kappa shape index (κ1) is 21.2. The molecule has 33 heavy (non-hydrogen) atoms. The van der Waals surface area contributed by atoms with Crippen molar-refractivity contribution in [2.45, 2.75) is 39.7 Å². The first-order valence-electron chi connectivity index (χ1n) is 11.1. The second kappa shape index (κ2) is 8.35. The molecule has 0 atom stereocenters. The zero-order valence-electron chi connectivity index (χ0n) is 18.7. The van der Waals surface area contributed by atoms with Crippen molar-refractivity contribution >= 4 is 16.9 Å². The van der Waals surface area contributed by atoms with Crippen LogP contribution in [0.3, 0.4) is 0 Å². The second-order valence-electron chi connectivity index (χ2n) is 8.61. The molecule has 4 aromatic rings. The van der Waals surface area contributed by atoms with Gasteiger partial charge in [-0.05, 0) is 84.8 Å². The van der Waals surface area contributed by atoms with Gasteiger partial charge in [0.2, 0.25) is 0 Å². The number of hydrogen-bond donors (Lipinski definition) is 1. The van der Waals surface area contributed by atoms with E-state index < -0.39 is 11.8 Å². The molecule has 2 aromatic heterocycles. The van der Waals surface area contributed by atoms with Gasteiger partial charge in [-0.1, -0.05) is 6.07 Å². The van der Waals surface area contributed by atoms with Crippen LogP contribution in [-0.4, -0.2) is 27.2 Å². The van der Waals surface area contributed by atoms with Crippen LogP contribution in [0.1, 0.15) is 34.4 Å². The fraction of sp³-hybridized carbons (Fsp3) is 0.259. The fourth-order valence-corrected chi connectivity index (χ4v) is 4.92. The number of nitrogens with zero attached hydrogens (tertiary/aromatic N) is 2. The molecule has 0 saturated heterocycles. The Kier molecular flexibility index (Phi) is 5.36. The number of halogens is 1. The van der Waals surface area contributed by atoms with Crippen molar-refractivity contribution in [3.05, 3.63) is 82.6 Å². The number of aryl methyl sites for hydroxylation is 1. The normalized spacial score (nSPS) is 13.1. The van der Waals surface area contributed by atoms with Crippen molar-refractivity contribution < 1.29 is 19.0 Å². The summed E-state index contributed by atoms with van der Waals surface area (Å²) < 4.78 is 22.9. The molecule has 0 aliphatic carbocycles. The Morgan fingerprint density at radius 3 is 2.85 bits per heavy atom. The lowest BCUT2D eigenvalue weighted by atomic mass is 9.86. The van der Waals surface area contributed by atoms with Crippen molar-refractivity contribution in [2.24, 2.45) is 0 Å². The molecule has 0 radical (unpaired) electrons. The Morgan fingerprint density at radius 2 is 2.09 bits per heavy atom. The number of ether oxygens (including phenoxy) is 1. The van der Waals surface area contributed by atoms with Gasteiger partial charge in [-0.15, -0.1) is 0 Å². The largest absolute Gasteiger partial charge is 0.490 e. The van der Waals surface area contributed by atoms with Crippen LogP contribution < -0.4 is 4.74 Å². The quantitative estimate of drug-likeness (QED) is 0.444. The van der Waals surface area contributed by atoms with E-state index in [1.807, 2.05) is 50.4 Å². The predicted molar refractivity (Wildman–Crippen MR) is 125 cm³/mol. The Bertz CT molecular complexity index is 1380. The second-order valence-corrected chi connectivity index (χ2v) is 8.61. The molecule has 0 fully saturated rings. The number of carbonyl (C=O) groups is 1. The summed E-state index contributed by atoms with van der Waals surface area (Å²) in [5, 5.41) is 10.6. The summed E-state index contributed by atoms with van der Waals surface area (Å²) in [5.41, 5.74) is 6.82. The van der Waals surface area contributed by atoms with Gasteiger partial charge in [0.25, 0.3) is 0 Å². The van der Waals surface area contributed by atoms with Crippen LogP contribution in [0.25, 0.3) is 22.0 Å². The summed E-state index contributed by atoms with van der Waals surface area (Å²) in [6.45, 7) is 5.00. The van der Waals surface area contributed by atoms with E-state index in [1.54, 1.807) is 6.20 Å². The summed E-state index contributed by atoms with van der Waals surface area (Å²) in [4.78, 5) is 16.2. The zero-order chi connectivity index (χ0) is 23.1. The number of aromatic nitrogens is 2. The molecule has 5 rings (SSSR count). The van der Waals surface area contributed by atoms with Crippen LogP contribution in [0.15, 0.2) is 48.8 Å². The molecule has 0 unspecified atom stereocenters. The highest BCUT2D eigenvalue weighted by atomic mass is 19.1. The van der Waals surface area contributed by atoms with E-state index in [0.29, 0.717) is 24.5 Å². The molecule has 6 heteroatoms. The maximum absolute atomic E-state index is 15.1. The molecule has 1 aliphatic rings. The standard InChI is InChI=1S/C27H25FN2O3/c1-16-12-24-20(8-10-30(24)15-18-6-3-4-9-29-18)26(21(16)14-25(31)32)22-13-23(28)27-19(17(22)2)7-5-11-33-27/h3-4,6,8-10,12-13H,5,7,11,14-15H2,1-2H3,(H,31,32). The minimum absolute atomic E-state index is 0.128. The number of pyridine rings is 1. The molecule has 1 aliphatic heterocycles. The third-order valence-corrected chi connectivity index (χ3v) is 6.50. The number of hydrogen-bond acceptors (Lipinski definition) is 3. The summed E-state index contributed by atoms with van der Waals surface area (Å²) in [6, 6.07) is 11.3. The molecular weight excluding hydrogens is 419 g/mol. The van der Waals surface area contributed by atoms with E-state index in [1.165, 1.54) is 6.07 Å².